The van der Waals surface area contributed by atoms with Gasteiger partial charge in [-0.25, -0.2) is 29.1 Å². The second-order valence-corrected chi connectivity index (χ2v) is 7.75. The molecule has 32 heavy (non-hydrogen) atoms. The molecule has 2 aromatic heterocycles. The highest BCUT2D eigenvalue weighted by Gasteiger charge is 2.25. The Balaban J connectivity index is 1.46. The summed E-state index contributed by atoms with van der Waals surface area (Å²) in [5.41, 5.74) is 3.66. The van der Waals surface area contributed by atoms with Gasteiger partial charge in [0.15, 0.2) is 0 Å². The van der Waals surface area contributed by atoms with E-state index in [2.05, 4.69) is 30.6 Å². The summed E-state index contributed by atoms with van der Waals surface area (Å²) in [6.07, 6.45) is 5.45. The molecule has 9 nitrogen and oxygen atoms in total. The number of halogens is 2. The van der Waals surface area contributed by atoms with Gasteiger partial charge in [0.2, 0.25) is 5.95 Å². The summed E-state index contributed by atoms with van der Waals surface area (Å²) in [5.74, 6) is -0.175. The minimum Gasteiger partial charge on any atom is -0.394 e. The first-order valence-electron chi connectivity index (χ1n) is 9.94. The zero-order valence-corrected chi connectivity index (χ0v) is 18.0. The van der Waals surface area contributed by atoms with Crippen LogP contribution >= 0.6 is 11.6 Å². The average molecular weight is 458 g/mol. The van der Waals surface area contributed by atoms with Crippen molar-refractivity contribution >= 4 is 29.3 Å². The van der Waals surface area contributed by atoms with Crippen LogP contribution in [0.2, 0.25) is 5.02 Å². The lowest BCUT2D eigenvalue weighted by atomic mass is 10.1. The topological polar surface area (TPSA) is 116 Å². The maximum Gasteiger partial charge on any atom is 0.318 e. The molecule has 3 heterocycles. The molecule has 0 spiro atoms. The van der Waals surface area contributed by atoms with Gasteiger partial charge in [-0.15, -0.1) is 0 Å². The maximum absolute atomic E-state index is 13.4. The molecule has 3 aromatic rings. The Bertz CT molecular complexity index is 1150. The molecule has 0 unspecified atom stereocenters. The van der Waals surface area contributed by atoms with Crippen LogP contribution in [0.1, 0.15) is 28.6 Å². The van der Waals surface area contributed by atoms with E-state index < -0.39 is 11.9 Å². The van der Waals surface area contributed by atoms with Gasteiger partial charge < -0.3 is 20.6 Å². The predicted octanol–water partition coefficient (Wildman–Crippen LogP) is 2.91. The van der Waals surface area contributed by atoms with Gasteiger partial charge in [0.1, 0.15) is 12.1 Å². The normalized spacial score (nSPS) is 13.9. The van der Waals surface area contributed by atoms with E-state index in [1.807, 2.05) is 6.92 Å². The number of aryl methyl sites for hydroxylation is 1. The van der Waals surface area contributed by atoms with Gasteiger partial charge >= 0.3 is 6.03 Å². The van der Waals surface area contributed by atoms with Crippen LogP contribution in [0.3, 0.4) is 0 Å². The van der Waals surface area contributed by atoms with Crippen LogP contribution in [-0.2, 0) is 13.0 Å². The molecule has 1 atom stereocenters. The number of nitrogens with one attached hydrogen (secondary N) is 2. The number of amides is 2. The fourth-order valence-corrected chi connectivity index (χ4v) is 3.56. The number of benzene rings is 1. The Kier molecular flexibility index (Phi) is 6.42. The molecule has 0 radical (unpaired) electrons. The van der Waals surface area contributed by atoms with Crippen molar-refractivity contribution in [3.63, 3.8) is 0 Å². The van der Waals surface area contributed by atoms with Crippen molar-refractivity contribution in [2.75, 3.05) is 18.5 Å². The number of aliphatic hydroxyl groups is 1. The standard InChI is InChI=1S/C21H21ClFN7O2/c1-12-17(8-24-11-26-12)27-20-25-7-14-4-5-30(9-18(14)28-20)21(32)29-19(10-31)13-2-3-16(23)15(22)6-13/h2-3,6-8,11,19,31H,4-5,9-10H2,1H3,(H,29,32)(H,25,27,28)/t19-/m1/s1. The Morgan fingerprint density at radius 2 is 2.19 bits per heavy atom. The summed E-state index contributed by atoms with van der Waals surface area (Å²) in [6, 6.07) is 2.99. The fraction of sp³-hybridized carbons (Fsp3) is 0.286. The molecule has 1 aliphatic rings. The number of anilines is 2. The monoisotopic (exact) mass is 457 g/mol. The summed E-state index contributed by atoms with van der Waals surface area (Å²) >= 11 is 5.83. The van der Waals surface area contributed by atoms with Gasteiger partial charge in [-0.3, -0.25) is 0 Å². The molecule has 3 N–H and O–H groups in total. The van der Waals surface area contributed by atoms with Crippen molar-refractivity contribution in [3.8, 4) is 0 Å². The number of carbonyl (C=O) groups excluding carboxylic acids is 1. The Labute approximate surface area is 188 Å². The number of rotatable bonds is 5. The van der Waals surface area contributed by atoms with Crippen LogP contribution in [0.5, 0.6) is 0 Å². The lowest BCUT2D eigenvalue weighted by Gasteiger charge is -2.30. The third-order valence-corrected chi connectivity index (χ3v) is 5.51. The third kappa shape index (κ3) is 4.76. The van der Waals surface area contributed by atoms with Crippen LogP contribution in [-0.4, -0.2) is 49.1 Å². The molecular formula is C21H21ClFN7O2. The van der Waals surface area contributed by atoms with E-state index >= 15 is 0 Å². The summed E-state index contributed by atoms with van der Waals surface area (Å²) in [4.78, 5) is 31.5. The molecule has 166 valence electrons. The number of urea groups is 1. The van der Waals surface area contributed by atoms with Gasteiger partial charge in [-0.1, -0.05) is 17.7 Å². The van der Waals surface area contributed by atoms with Gasteiger partial charge in [0.05, 0.1) is 47.5 Å². The van der Waals surface area contributed by atoms with E-state index in [1.54, 1.807) is 17.3 Å². The van der Waals surface area contributed by atoms with E-state index in [9.17, 15) is 14.3 Å². The first kappa shape index (κ1) is 21.8. The van der Waals surface area contributed by atoms with E-state index in [1.165, 1.54) is 24.5 Å². The second kappa shape index (κ2) is 9.41. The SMILES string of the molecule is Cc1ncncc1Nc1ncc2c(n1)CN(C(=O)N[C@H](CO)c1ccc(F)c(Cl)c1)CC2. The van der Waals surface area contributed by atoms with E-state index in [0.29, 0.717) is 30.2 Å². The van der Waals surface area contributed by atoms with Gasteiger partial charge in [0.25, 0.3) is 0 Å². The summed E-state index contributed by atoms with van der Waals surface area (Å²) in [7, 11) is 0. The minimum absolute atomic E-state index is 0.0714. The van der Waals surface area contributed by atoms with Crippen molar-refractivity contribution in [1.29, 1.82) is 0 Å². The molecule has 1 aromatic carbocycles. The summed E-state index contributed by atoms with van der Waals surface area (Å²) in [5, 5.41) is 15.5. The first-order valence-corrected chi connectivity index (χ1v) is 10.3. The number of nitrogens with zero attached hydrogens (tertiary/aromatic N) is 5. The second-order valence-electron chi connectivity index (χ2n) is 7.34. The van der Waals surface area contributed by atoms with Crippen molar-refractivity contribution in [1.82, 2.24) is 30.2 Å². The zero-order chi connectivity index (χ0) is 22.7. The Morgan fingerprint density at radius 3 is 2.94 bits per heavy atom. The quantitative estimate of drug-likeness (QED) is 0.539. The zero-order valence-electron chi connectivity index (χ0n) is 17.2. The average Bonchev–Trinajstić information content (AvgIpc) is 2.80. The van der Waals surface area contributed by atoms with Crippen LogP contribution < -0.4 is 10.6 Å². The van der Waals surface area contributed by atoms with E-state index in [-0.39, 0.29) is 24.2 Å². The lowest BCUT2D eigenvalue weighted by Crippen LogP contribution is -2.45. The lowest BCUT2D eigenvalue weighted by molar-refractivity contribution is 0.176. The molecule has 0 saturated heterocycles. The van der Waals surface area contributed by atoms with Crippen molar-refractivity contribution in [3.05, 3.63) is 70.3 Å². The number of hydrogen-bond donors (Lipinski definition) is 3. The van der Waals surface area contributed by atoms with Gasteiger partial charge in [-0.05, 0) is 36.6 Å². The van der Waals surface area contributed by atoms with Gasteiger partial charge in [-0.2, -0.15) is 0 Å². The number of hydrogen-bond acceptors (Lipinski definition) is 7. The number of carbonyl (C=O) groups is 1. The Hall–Kier alpha value is -3.37. The molecule has 2 amide bonds. The maximum atomic E-state index is 13.4. The largest absolute Gasteiger partial charge is 0.394 e. The van der Waals surface area contributed by atoms with Crippen molar-refractivity contribution in [2.45, 2.75) is 25.9 Å². The number of aromatic nitrogens is 4. The van der Waals surface area contributed by atoms with Crippen LogP contribution in [0.4, 0.5) is 20.8 Å². The highest BCUT2D eigenvalue weighted by atomic mass is 35.5. The Morgan fingerprint density at radius 1 is 1.34 bits per heavy atom. The summed E-state index contributed by atoms with van der Waals surface area (Å²) < 4.78 is 13.4. The fourth-order valence-electron chi connectivity index (χ4n) is 3.37. The summed E-state index contributed by atoms with van der Waals surface area (Å²) in [6.45, 7) is 2.25. The number of fused-ring (bicyclic) bond motifs is 1. The van der Waals surface area contributed by atoms with Crippen LogP contribution in [0.25, 0.3) is 0 Å². The molecular weight excluding hydrogens is 437 g/mol. The molecule has 0 fully saturated rings. The first-order chi connectivity index (χ1) is 15.4. The van der Waals surface area contributed by atoms with Crippen molar-refractivity contribution < 1.29 is 14.3 Å². The minimum atomic E-state index is -0.717. The van der Waals surface area contributed by atoms with E-state index in [0.717, 1.165) is 17.0 Å². The highest BCUT2D eigenvalue weighted by Crippen LogP contribution is 2.23. The number of aliphatic hydroxyl groups excluding tert-OH is 1. The predicted molar refractivity (Wildman–Crippen MR) is 116 cm³/mol. The van der Waals surface area contributed by atoms with Crippen molar-refractivity contribution in [2.24, 2.45) is 0 Å². The molecule has 11 heteroatoms. The van der Waals surface area contributed by atoms with Crippen LogP contribution in [0.15, 0.2) is 36.9 Å². The molecule has 0 bridgehead atoms. The van der Waals surface area contributed by atoms with Gasteiger partial charge in [0, 0.05) is 12.7 Å². The molecule has 0 aliphatic carbocycles. The highest BCUT2D eigenvalue weighted by molar-refractivity contribution is 6.30. The van der Waals surface area contributed by atoms with Crippen LogP contribution in [0, 0.1) is 12.7 Å². The molecule has 1 aliphatic heterocycles. The molecule has 4 rings (SSSR count). The van der Waals surface area contributed by atoms with E-state index in [4.69, 9.17) is 11.6 Å². The third-order valence-electron chi connectivity index (χ3n) is 5.22. The molecule has 0 saturated carbocycles. The smallest absolute Gasteiger partial charge is 0.318 e.